The molecule has 0 radical (unpaired) electrons. The first-order valence-corrected chi connectivity index (χ1v) is 7.60. The summed E-state index contributed by atoms with van der Waals surface area (Å²) in [7, 11) is 0. The van der Waals surface area contributed by atoms with Crippen LogP contribution >= 0.6 is 31.9 Å². The molecule has 1 amide bonds. The third-order valence-electron chi connectivity index (χ3n) is 2.65. The lowest BCUT2D eigenvalue weighted by Crippen LogP contribution is -2.13. The van der Waals surface area contributed by atoms with Crippen LogP contribution in [0.4, 0.5) is 5.82 Å². The van der Waals surface area contributed by atoms with Gasteiger partial charge in [-0.3, -0.25) is 4.79 Å². The Kier molecular flexibility index (Phi) is 4.71. The number of aromatic nitrogens is 1. The van der Waals surface area contributed by atoms with E-state index in [2.05, 4.69) is 42.2 Å². The Balaban J connectivity index is 2.15. The smallest absolute Gasteiger partial charge is 0.256 e. The zero-order valence-electron chi connectivity index (χ0n) is 10.3. The zero-order valence-corrected chi connectivity index (χ0v) is 13.5. The molecule has 3 nitrogen and oxygen atoms in total. The quantitative estimate of drug-likeness (QED) is 0.803. The van der Waals surface area contributed by atoms with Crippen molar-refractivity contribution in [3.8, 4) is 0 Å². The lowest BCUT2D eigenvalue weighted by atomic mass is 10.1. The molecule has 98 valence electrons. The Morgan fingerprint density at radius 1 is 1.32 bits per heavy atom. The number of carbonyl (C=O) groups excluding carboxylic acids is 1. The van der Waals surface area contributed by atoms with Gasteiger partial charge in [-0.2, -0.15) is 0 Å². The number of aryl methyl sites for hydroxylation is 1. The maximum atomic E-state index is 12.1. The van der Waals surface area contributed by atoms with Gasteiger partial charge in [0.1, 0.15) is 5.82 Å². The van der Waals surface area contributed by atoms with Crippen LogP contribution in [0.15, 0.2) is 41.0 Å². The van der Waals surface area contributed by atoms with Crippen molar-refractivity contribution in [2.24, 2.45) is 0 Å². The number of halogens is 2. The monoisotopic (exact) mass is 382 g/mol. The van der Waals surface area contributed by atoms with E-state index < -0.39 is 0 Å². The number of carbonyl (C=O) groups is 1. The molecule has 0 spiro atoms. The van der Waals surface area contributed by atoms with Gasteiger partial charge < -0.3 is 5.32 Å². The summed E-state index contributed by atoms with van der Waals surface area (Å²) in [5.74, 6) is 0.428. The number of nitrogens with zero attached hydrogens (tertiary/aromatic N) is 1. The van der Waals surface area contributed by atoms with Crippen LogP contribution in [0.2, 0.25) is 0 Å². The number of hydrogen-bond acceptors (Lipinski definition) is 2. The molecule has 5 heteroatoms. The van der Waals surface area contributed by atoms with Crippen LogP contribution in [0, 0.1) is 6.92 Å². The van der Waals surface area contributed by atoms with Crippen molar-refractivity contribution in [3.63, 3.8) is 0 Å². The second-order valence-corrected chi connectivity index (χ2v) is 5.58. The van der Waals surface area contributed by atoms with Gasteiger partial charge in [-0.15, -0.1) is 0 Å². The normalized spacial score (nSPS) is 10.3. The molecular formula is C14H12Br2N2O. The van der Waals surface area contributed by atoms with Crippen molar-refractivity contribution in [2.45, 2.75) is 12.3 Å². The minimum Gasteiger partial charge on any atom is -0.306 e. The fraction of sp³-hybridized carbons (Fsp3) is 0.143. The first-order valence-electron chi connectivity index (χ1n) is 5.68. The highest BCUT2D eigenvalue weighted by Crippen LogP contribution is 2.17. The molecule has 0 saturated heterocycles. The van der Waals surface area contributed by atoms with Crippen molar-refractivity contribution >= 4 is 43.6 Å². The Bertz CT molecular complexity index is 597. The average molecular weight is 384 g/mol. The number of hydrogen-bond donors (Lipinski definition) is 1. The van der Waals surface area contributed by atoms with Crippen molar-refractivity contribution in [3.05, 3.63) is 57.7 Å². The van der Waals surface area contributed by atoms with E-state index in [9.17, 15) is 4.79 Å². The highest BCUT2D eigenvalue weighted by Gasteiger charge is 2.08. The Hall–Kier alpha value is -1.20. The lowest BCUT2D eigenvalue weighted by Gasteiger charge is -2.08. The number of nitrogens with one attached hydrogen (secondary N) is 1. The van der Waals surface area contributed by atoms with E-state index in [-0.39, 0.29) is 5.91 Å². The minimum atomic E-state index is -0.154. The number of rotatable bonds is 3. The Morgan fingerprint density at radius 3 is 2.58 bits per heavy atom. The summed E-state index contributed by atoms with van der Waals surface area (Å²) in [6.45, 7) is 1.90. The highest BCUT2D eigenvalue weighted by molar-refractivity contribution is 9.10. The van der Waals surface area contributed by atoms with Gasteiger partial charge >= 0.3 is 0 Å². The lowest BCUT2D eigenvalue weighted by molar-refractivity contribution is 0.102. The third kappa shape index (κ3) is 3.64. The van der Waals surface area contributed by atoms with Crippen LogP contribution in [-0.2, 0) is 5.33 Å². The molecule has 0 aliphatic carbocycles. The number of benzene rings is 1. The molecule has 1 N–H and O–H groups in total. The number of anilines is 1. The van der Waals surface area contributed by atoms with E-state index in [0.717, 1.165) is 20.9 Å². The van der Waals surface area contributed by atoms with Gasteiger partial charge in [0.15, 0.2) is 0 Å². The second-order valence-electron chi connectivity index (χ2n) is 4.10. The van der Waals surface area contributed by atoms with Crippen LogP contribution in [0.25, 0.3) is 0 Å². The summed E-state index contributed by atoms with van der Waals surface area (Å²) in [5, 5.41) is 3.59. The molecule has 0 bridgehead atoms. The molecule has 2 aromatic rings. The first kappa shape index (κ1) is 14.2. The van der Waals surface area contributed by atoms with Crippen LogP contribution in [0.5, 0.6) is 0 Å². The molecule has 0 unspecified atom stereocenters. The van der Waals surface area contributed by atoms with Crippen molar-refractivity contribution in [2.75, 3.05) is 5.32 Å². The number of alkyl halides is 1. The van der Waals surface area contributed by atoms with Gasteiger partial charge in [-0.05, 0) is 52.2 Å². The number of pyridine rings is 1. The van der Waals surface area contributed by atoms with Gasteiger partial charge in [0, 0.05) is 21.6 Å². The van der Waals surface area contributed by atoms with Crippen LogP contribution < -0.4 is 5.32 Å². The predicted octanol–water partition coefficient (Wildman–Crippen LogP) is 4.30. The molecule has 0 fully saturated rings. The molecule has 0 aliphatic rings. The van der Waals surface area contributed by atoms with Gasteiger partial charge in [0.05, 0.1) is 0 Å². The maximum absolute atomic E-state index is 12.1. The van der Waals surface area contributed by atoms with E-state index in [1.54, 1.807) is 18.3 Å². The van der Waals surface area contributed by atoms with E-state index in [1.807, 2.05) is 25.1 Å². The first-order chi connectivity index (χ1) is 9.10. The molecule has 2 rings (SSSR count). The van der Waals surface area contributed by atoms with Crippen LogP contribution in [-0.4, -0.2) is 10.9 Å². The summed E-state index contributed by atoms with van der Waals surface area (Å²) in [5.41, 5.74) is 2.67. The maximum Gasteiger partial charge on any atom is 0.256 e. The van der Waals surface area contributed by atoms with Crippen LogP contribution in [0.3, 0.4) is 0 Å². The minimum absolute atomic E-state index is 0.154. The fourth-order valence-electron chi connectivity index (χ4n) is 1.60. The molecule has 0 saturated carbocycles. The summed E-state index contributed by atoms with van der Waals surface area (Å²) in [4.78, 5) is 16.3. The molecule has 0 aliphatic heterocycles. The largest absolute Gasteiger partial charge is 0.306 e. The predicted molar refractivity (Wildman–Crippen MR) is 83.7 cm³/mol. The summed E-state index contributed by atoms with van der Waals surface area (Å²) >= 11 is 6.72. The van der Waals surface area contributed by atoms with E-state index in [1.165, 1.54) is 0 Å². The highest BCUT2D eigenvalue weighted by atomic mass is 79.9. The van der Waals surface area contributed by atoms with E-state index >= 15 is 0 Å². The van der Waals surface area contributed by atoms with Gasteiger partial charge in [0.25, 0.3) is 5.91 Å². The van der Waals surface area contributed by atoms with E-state index in [0.29, 0.717) is 11.4 Å². The molecule has 1 aromatic carbocycles. The summed E-state index contributed by atoms with van der Waals surface area (Å²) in [6.07, 6.45) is 1.66. The standard InChI is InChI=1S/C14H12Br2N2O/c1-9-6-12(16)8-17-13(9)18-14(19)11-4-2-10(7-15)3-5-11/h2-6,8H,7H2,1H3,(H,17,18,19). The van der Waals surface area contributed by atoms with Crippen molar-refractivity contribution in [1.82, 2.24) is 4.98 Å². The molecule has 1 heterocycles. The van der Waals surface area contributed by atoms with Gasteiger partial charge in [-0.25, -0.2) is 4.98 Å². The van der Waals surface area contributed by atoms with Gasteiger partial charge in [-0.1, -0.05) is 28.1 Å². The second kappa shape index (κ2) is 6.30. The summed E-state index contributed by atoms with van der Waals surface area (Å²) < 4.78 is 0.893. The van der Waals surface area contributed by atoms with Crippen molar-refractivity contribution < 1.29 is 4.79 Å². The van der Waals surface area contributed by atoms with Crippen LogP contribution in [0.1, 0.15) is 21.5 Å². The molecule has 19 heavy (non-hydrogen) atoms. The Labute approximate surface area is 128 Å². The topological polar surface area (TPSA) is 42.0 Å². The molecule has 1 aromatic heterocycles. The zero-order chi connectivity index (χ0) is 13.8. The third-order valence-corrected chi connectivity index (χ3v) is 3.73. The molecular weight excluding hydrogens is 372 g/mol. The number of amides is 1. The van der Waals surface area contributed by atoms with E-state index in [4.69, 9.17) is 0 Å². The Morgan fingerprint density at radius 2 is 2.00 bits per heavy atom. The fourth-order valence-corrected chi connectivity index (χ4v) is 2.42. The SMILES string of the molecule is Cc1cc(Br)cnc1NC(=O)c1ccc(CBr)cc1. The summed E-state index contributed by atoms with van der Waals surface area (Å²) in [6, 6.07) is 9.37. The molecule has 0 atom stereocenters. The average Bonchev–Trinajstić information content (AvgIpc) is 2.42. The van der Waals surface area contributed by atoms with Gasteiger partial charge in [0.2, 0.25) is 0 Å². The van der Waals surface area contributed by atoms with Crippen molar-refractivity contribution in [1.29, 1.82) is 0 Å².